The number of nitrogens with one attached hydrogen (secondary N) is 1. The minimum absolute atomic E-state index is 0.490. The Balaban J connectivity index is 2.10. The topological polar surface area (TPSA) is 72.5 Å². The molecule has 5 nitrogen and oxygen atoms in total. The lowest BCUT2D eigenvalue weighted by Crippen LogP contribution is -2.19. The van der Waals surface area contributed by atoms with Crippen molar-refractivity contribution in [1.82, 2.24) is 19.7 Å². The van der Waals surface area contributed by atoms with Gasteiger partial charge in [-0.1, -0.05) is 13.8 Å². The van der Waals surface area contributed by atoms with E-state index in [1.807, 2.05) is 31.0 Å². The van der Waals surface area contributed by atoms with Crippen LogP contribution in [0, 0.1) is 18.8 Å². The van der Waals surface area contributed by atoms with Crippen LogP contribution in [0.4, 0.5) is 0 Å². The normalized spacial score (nSPS) is 13.1. The molecule has 0 bridgehead atoms. The molecular weight excluding hydrogens is 250 g/mol. The third-order valence-corrected chi connectivity index (χ3v) is 3.55. The maximum absolute atomic E-state index is 5.86. The van der Waals surface area contributed by atoms with E-state index in [1.165, 1.54) is 0 Å². The van der Waals surface area contributed by atoms with Gasteiger partial charge in [-0.25, -0.2) is 4.98 Å². The molecular formula is C15H25N5. The molecule has 0 fully saturated rings. The van der Waals surface area contributed by atoms with Gasteiger partial charge >= 0.3 is 0 Å². The maximum Gasteiger partial charge on any atom is 0.106 e. The summed E-state index contributed by atoms with van der Waals surface area (Å²) in [6.07, 6.45) is 5.95. The molecule has 2 heterocycles. The maximum atomic E-state index is 5.86. The summed E-state index contributed by atoms with van der Waals surface area (Å²) in [4.78, 5) is 7.89. The smallest absolute Gasteiger partial charge is 0.106 e. The minimum atomic E-state index is 0.490. The van der Waals surface area contributed by atoms with Gasteiger partial charge in [0, 0.05) is 25.2 Å². The van der Waals surface area contributed by atoms with Gasteiger partial charge in [-0.05, 0) is 31.7 Å². The van der Waals surface area contributed by atoms with Crippen molar-refractivity contribution in [1.29, 1.82) is 0 Å². The second-order valence-corrected chi connectivity index (χ2v) is 5.98. The van der Waals surface area contributed by atoms with Crippen LogP contribution in [0.15, 0.2) is 12.4 Å². The van der Waals surface area contributed by atoms with Crippen LogP contribution in [0.25, 0.3) is 11.3 Å². The van der Waals surface area contributed by atoms with E-state index in [2.05, 4.69) is 28.9 Å². The van der Waals surface area contributed by atoms with Gasteiger partial charge in [0.05, 0.1) is 17.6 Å². The molecule has 1 atom stereocenters. The van der Waals surface area contributed by atoms with E-state index >= 15 is 0 Å². The number of nitrogens with zero attached hydrogens (tertiary/aromatic N) is 3. The van der Waals surface area contributed by atoms with Crippen LogP contribution in [0.3, 0.4) is 0 Å². The summed E-state index contributed by atoms with van der Waals surface area (Å²) in [6.45, 7) is 7.18. The summed E-state index contributed by atoms with van der Waals surface area (Å²) in [6, 6.07) is 0. The Labute approximate surface area is 120 Å². The van der Waals surface area contributed by atoms with E-state index < -0.39 is 0 Å². The Hall–Kier alpha value is -1.62. The molecule has 110 valence electrons. The molecule has 5 heteroatoms. The highest BCUT2D eigenvalue weighted by Crippen LogP contribution is 2.21. The third-order valence-electron chi connectivity index (χ3n) is 3.55. The number of imidazole rings is 1. The summed E-state index contributed by atoms with van der Waals surface area (Å²) in [5, 5.41) is 4.36. The van der Waals surface area contributed by atoms with E-state index in [0.29, 0.717) is 18.4 Å². The van der Waals surface area contributed by atoms with E-state index in [4.69, 9.17) is 5.73 Å². The molecule has 20 heavy (non-hydrogen) atoms. The molecule has 2 aromatic heterocycles. The van der Waals surface area contributed by atoms with Gasteiger partial charge in [-0.2, -0.15) is 5.10 Å². The van der Waals surface area contributed by atoms with Crippen LogP contribution in [0.1, 0.15) is 31.8 Å². The minimum Gasteiger partial charge on any atom is -0.342 e. The van der Waals surface area contributed by atoms with Gasteiger partial charge in [0.15, 0.2) is 0 Å². The highest BCUT2D eigenvalue weighted by molar-refractivity contribution is 5.60. The van der Waals surface area contributed by atoms with Crippen molar-refractivity contribution in [2.75, 3.05) is 6.54 Å². The average molecular weight is 275 g/mol. The lowest BCUT2D eigenvalue weighted by Gasteiger charge is -2.15. The summed E-state index contributed by atoms with van der Waals surface area (Å²) >= 11 is 0. The fraction of sp³-hybridized carbons (Fsp3) is 0.600. The van der Waals surface area contributed by atoms with E-state index in [1.54, 1.807) is 0 Å². The van der Waals surface area contributed by atoms with Crippen LogP contribution < -0.4 is 5.73 Å². The fourth-order valence-electron chi connectivity index (χ4n) is 2.67. The number of rotatable bonds is 6. The van der Waals surface area contributed by atoms with Gasteiger partial charge < -0.3 is 10.7 Å². The van der Waals surface area contributed by atoms with E-state index in [0.717, 1.165) is 35.6 Å². The quantitative estimate of drug-likeness (QED) is 0.849. The van der Waals surface area contributed by atoms with Crippen molar-refractivity contribution in [3.8, 4) is 11.3 Å². The lowest BCUT2D eigenvalue weighted by atomic mass is 9.94. The Morgan fingerprint density at radius 1 is 1.40 bits per heavy atom. The van der Waals surface area contributed by atoms with Crippen molar-refractivity contribution < 1.29 is 0 Å². The molecule has 0 saturated carbocycles. The molecule has 1 unspecified atom stereocenters. The molecule has 0 radical (unpaired) electrons. The summed E-state index contributed by atoms with van der Waals surface area (Å²) in [5.41, 5.74) is 9.02. The van der Waals surface area contributed by atoms with E-state index in [-0.39, 0.29) is 0 Å². The fourth-order valence-corrected chi connectivity index (χ4v) is 2.67. The lowest BCUT2D eigenvalue weighted by molar-refractivity contribution is 0.409. The van der Waals surface area contributed by atoms with Crippen molar-refractivity contribution in [2.24, 2.45) is 24.6 Å². The number of hydrogen-bond acceptors (Lipinski definition) is 3. The predicted octanol–water partition coefficient (Wildman–Crippen LogP) is 2.28. The molecule has 0 saturated heterocycles. The van der Waals surface area contributed by atoms with Gasteiger partial charge in [0.25, 0.3) is 0 Å². The van der Waals surface area contributed by atoms with Gasteiger partial charge in [-0.15, -0.1) is 0 Å². The Kier molecular flexibility index (Phi) is 4.60. The molecule has 2 aromatic rings. The highest BCUT2D eigenvalue weighted by atomic mass is 15.2. The number of nitrogens with two attached hydrogens (primary N) is 1. The van der Waals surface area contributed by atoms with Crippen LogP contribution >= 0.6 is 0 Å². The summed E-state index contributed by atoms with van der Waals surface area (Å²) in [5.74, 6) is 2.17. The molecule has 0 aliphatic rings. The summed E-state index contributed by atoms with van der Waals surface area (Å²) in [7, 11) is 1.93. The SMILES string of the molecule is Cc1nn(C)cc1-c1cnc(CC(CN)CC(C)C)[nH]1. The van der Waals surface area contributed by atoms with Gasteiger partial charge in [0.2, 0.25) is 0 Å². The first-order valence-corrected chi connectivity index (χ1v) is 7.24. The number of aromatic amines is 1. The Bertz CT molecular complexity index is 552. The van der Waals surface area contributed by atoms with Crippen molar-refractivity contribution >= 4 is 0 Å². The largest absolute Gasteiger partial charge is 0.342 e. The molecule has 0 spiro atoms. The van der Waals surface area contributed by atoms with Crippen LogP contribution in [-0.4, -0.2) is 26.3 Å². The van der Waals surface area contributed by atoms with Crippen molar-refractivity contribution in [3.63, 3.8) is 0 Å². The second-order valence-electron chi connectivity index (χ2n) is 5.98. The van der Waals surface area contributed by atoms with Crippen molar-refractivity contribution in [2.45, 2.75) is 33.6 Å². The highest BCUT2D eigenvalue weighted by Gasteiger charge is 2.14. The summed E-state index contributed by atoms with van der Waals surface area (Å²) < 4.78 is 1.83. The Morgan fingerprint density at radius 2 is 2.15 bits per heavy atom. The molecule has 3 N–H and O–H groups in total. The molecule has 0 aliphatic heterocycles. The first-order valence-electron chi connectivity index (χ1n) is 7.24. The molecule has 0 amide bonds. The average Bonchev–Trinajstić information content (AvgIpc) is 2.94. The molecule has 0 aliphatic carbocycles. The van der Waals surface area contributed by atoms with Gasteiger partial charge in [0.1, 0.15) is 5.82 Å². The van der Waals surface area contributed by atoms with Crippen molar-refractivity contribution in [3.05, 3.63) is 23.9 Å². The van der Waals surface area contributed by atoms with Gasteiger partial charge in [-0.3, -0.25) is 4.68 Å². The Morgan fingerprint density at radius 3 is 2.70 bits per heavy atom. The van der Waals surface area contributed by atoms with E-state index in [9.17, 15) is 0 Å². The number of H-pyrrole nitrogens is 1. The predicted molar refractivity (Wildman–Crippen MR) is 81.2 cm³/mol. The zero-order valence-corrected chi connectivity index (χ0v) is 12.8. The zero-order valence-electron chi connectivity index (χ0n) is 12.8. The molecule has 0 aromatic carbocycles. The number of hydrogen-bond donors (Lipinski definition) is 2. The number of aromatic nitrogens is 4. The third kappa shape index (κ3) is 3.48. The van der Waals surface area contributed by atoms with Crippen LogP contribution in [0.2, 0.25) is 0 Å². The second kappa shape index (κ2) is 6.22. The van der Waals surface area contributed by atoms with Crippen LogP contribution in [-0.2, 0) is 13.5 Å². The first-order chi connectivity index (χ1) is 9.49. The number of aryl methyl sites for hydroxylation is 2. The first kappa shape index (κ1) is 14.8. The van der Waals surface area contributed by atoms with Crippen LogP contribution in [0.5, 0.6) is 0 Å². The zero-order chi connectivity index (χ0) is 14.7. The molecule has 2 rings (SSSR count). The standard InChI is InChI=1S/C15H25N5/c1-10(2)5-12(7-16)6-15-17-8-14(18-15)13-9-20(4)19-11(13)3/h8-10,12H,5-7,16H2,1-4H3,(H,17,18). The monoisotopic (exact) mass is 275 g/mol.